The van der Waals surface area contributed by atoms with Crippen molar-refractivity contribution in [2.24, 2.45) is 0 Å². The summed E-state index contributed by atoms with van der Waals surface area (Å²) in [5, 5.41) is 2.51. The smallest absolute Gasteiger partial charge is 0.247 e. The largest absolute Gasteiger partial charge is 0.358 e. The molecule has 1 aromatic rings. The van der Waals surface area contributed by atoms with Gasteiger partial charge in [0.1, 0.15) is 0 Å². The highest BCUT2D eigenvalue weighted by Gasteiger charge is 2.40. The summed E-state index contributed by atoms with van der Waals surface area (Å²) in [7, 11) is 3.23. The SMILES string of the molecule is CNC(=O)CN(C)[C@@H]1CC(=O)N(CCc2ccccc2)C1=O. The molecule has 0 saturated carbocycles. The van der Waals surface area contributed by atoms with Crippen LogP contribution in [0.2, 0.25) is 0 Å². The van der Waals surface area contributed by atoms with Crippen LogP contribution in [0.5, 0.6) is 0 Å². The summed E-state index contributed by atoms with van der Waals surface area (Å²) in [5.41, 5.74) is 1.09. The number of hydrogen-bond donors (Lipinski definition) is 1. The van der Waals surface area contributed by atoms with E-state index in [9.17, 15) is 14.4 Å². The fourth-order valence-electron chi connectivity index (χ4n) is 2.55. The molecule has 118 valence electrons. The third-order valence-electron chi connectivity index (χ3n) is 3.89. The van der Waals surface area contributed by atoms with Gasteiger partial charge < -0.3 is 5.32 Å². The number of rotatable bonds is 6. The van der Waals surface area contributed by atoms with Crippen LogP contribution in [-0.2, 0) is 20.8 Å². The Morgan fingerprint density at radius 2 is 2.00 bits per heavy atom. The first-order chi connectivity index (χ1) is 10.5. The van der Waals surface area contributed by atoms with Gasteiger partial charge in [-0.05, 0) is 19.0 Å². The summed E-state index contributed by atoms with van der Waals surface area (Å²) < 4.78 is 0. The highest BCUT2D eigenvalue weighted by molar-refractivity contribution is 6.05. The molecule has 1 saturated heterocycles. The molecule has 2 rings (SSSR count). The molecule has 3 amide bonds. The second-order valence-electron chi connectivity index (χ2n) is 5.43. The lowest BCUT2D eigenvalue weighted by Gasteiger charge is -2.22. The molecule has 1 heterocycles. The van der Waals surface area contributed by atoms with Crippen LogP contribution in [0.3, 0.4) is 0 Å². The predicted octanol–water partition coefficient (Wildman–Crippen LogP) is 0.0344. The quantitative estimate of drug-likeness (QED) is 0.753. The Hall–Kier alpha value is -2.21. The van der Waals surface area contributed by atoms with E-state index < -0.39 is 6.04 Å². The Morgan fingerprint density at radius 1 is 1.32 bits per heavy atom. The number of imide groups is 1. The Kier molecular flexibility index (Phi) is 5.27. The number of nitrogens with one attached hydrogen (secondary N) is 1. The summed E-state index contributed by atoms with van der Waals surface area (Å²) in [6.07, 6.45) is 0.783. The maximum Gasteiger partial charge on any atom is 0.247 e. The van der Waals surface area contributed by atoms with Gasteiger partial charge in [-0.15, -0.1) is 0 Å². The van der Waals surface area contributed by atoms with Gasteiger partial charge in [0.25, 0.3) is 0 Å². The molecule has 1 aliphatic heterocycles. The molecular formula is C16H21N3O3. The van der Waals surface area contributed by atoms with Crippen molar-refractivity contribution in [1.29, 1.82) is 0 Å². The summed E-state index contributed by atoms with van der Waals surface area (Å²) in [4.78, 5) is 38.8. The van der Waals surface area contributed by atoms with Crippen molar-refractivity contribution in [3.63, 3.8) is 0 Å². The lowest BCUT2D eigenvalue weighted by molar-refractivity contribution is -0.139. The number of benzene rings is 1. The average molecular weight is 303 g/mol. The maximum absolute atomic E-state index is 12.4. The Bertz CT molecular complexity index is 559. The van der Waals surface area contributed by atoms with Crippen molar-refractivity contribution in [1.82, 2.24) is 15.1 Å². The summed E-state index contributed by atoms with van der Waals surface area (Å²) in [6.45, 7) is 0.485. The van der Waals surface area contributed by atoms with E-state index in [0.717, 1.165) is 5.56 Å². The van der Waals surface area contributed by atoms with Gasteiger partial charge >= 0.3 is 0 Å². The molecule has 0 spiro atoms. The molecule has 0 aromatic heterocycles. The molecule has 0 unspecified atom stereocenters. The number of amides is 3. The Morgan fingerprint density at radius 3 is 2.64 bits per heavy atom. The number of hydrogen-bond acceptors (Lipinski definition) is 4. The normalized spacial score (nSPS) is 18.1. The summed E-state index contributed by atoms with van der Waals surface area (Å²) in [5.74, 6) is -0.562. The van der Waals surface area contributed by atoms with Gasteiger partial charge in [-0.25, -0.2) is 0 Å². The highest BCUT2D eigenvalue weighted by Crippen LogP contribution is 2.18. The van der Waals surface area contributed by atoms with E-state index in [1.807, 2.05) is 30.3 Å². The molecule has 1 atom stereocenters. The predicted molar refractivity (Wildman–Crippen MR) is 82.0 cm³/mol. The molecule has 0 aliphatic carbocycles. The van der Waals surface area contributed by atoms with Crippen LogP contribution in [-0.4, -0.2) is 60.7 Å². The third kappa shape index (κ3) is 3.71. The van der Waals surface area contributed by atoms with Crippen LogP contribution in [0.15, 0.2) is 30.3 Å². The number of carbonyl (C=O) groups excluding carboxylic acids is 3. The highest BCUT2D eigenvalue weighted by atomic mass is 16.2. The van der Waals surface area contributed by atoms with E-state index >= 15 is 0 Å². The van der Waals surface area contributed by atoms with Crippen molar-refractivity contribution in [3.8, 4) is 0 Å². The van der Waals surface area contributed by atoms with Crippen molar-refractivity contribution in [2.45, 2.75) is 18.9 Å². The first-order valence-corrected chi connectivity index (χ1v) is 7.32. The lowest BCUT2D eigenvalue weighted by atomic mass is 10.1. The van der Waals surface area contributed by atoms with Crippen LogP contribution >= 0.6 is 0 Å². The average Bonchev–Trinajstić information content (AvgIpc) is 2.81. The van der Waals surface area contributed by atoms with Gasteiger partial charge in [-0.3, -0.25) is 24.2 Å². The molecular weight excluding hydrogens is 282 g/mol. The van der Waals surface area contributed by atoms with Crippen LogP contribution < -0.4 is 5.32 Å². The fourth-order valence-corrected chi connectivity index (χ4v) is 2.55. The number of likely N-dealkylation sites (tertiary alicyclic amines) is 1. The first-order valence-electron chi connectivity index (χ1n) is 7.32. The van der Waals surface area contributed by atoms with Gasteiger partial charge in [0.2, 0.25) is 17.7 Å². The molecule has 1 fully saturated rings. The minimum Gasteiger partial charge on any atom is -0.358 e. The zero-order chi connectivity index (χ0) is 16.1. The molecule has 0 bridgehead atoms. The fraction of sp³-hybridized carbons (Fsp3) is 0.438. The van der Waals surface area contributed by atoms with E-state index in [0.29, 0.717) is 13.0 Å². The summed E-state index contributed by atoms with van der Waals surface area (Å²) >= 11 is 0. The van der Waals surface area contributed by atoms with Crippen LogP contribution in [0.1, 0.15) is 12.0 Å². The molecule has 1 aromatic carbocycles. The second-order valence-corrected chi connectivity index (χ2v) is 5.43. The van der Waals surface area contributed by atoms with Gasteiger partial charge in [-0.2, -0.15) is 0 Å². The van der Waals surface area contributed by atoms with E-state index in [-0.39, 0.29) is 30.7 Å². The van der Waals surface area contributed by atoms with Gasteiger partial charge in [0, 0.05) is 13.6 Å². The van der Waals surface area contributed by atoms with Crippen molar-refractivity contribution in [3.05, 3.63) is 35.9 Å². The molecule has 0 radical (unpaired) electrons. The van der Waals surface area contributed by atoms with E-state index in [2.05, 4.69) is 5.32 Å². The van der Waals surface area contributed by atoms with Crippen LogP contribution in [0.25, 0.3) is 0 Å². The standard InChI is InChI=1S/C16H21N3O3/c1-17-14(20)11-18(2)13-10-15(21)19(16(13)22)9-8-12-6-4-3-5-7-12/h3-7,13H,8-11H2,1-2H3,(H,17,20)/t13-/m1/s1. The summed E-state index contributed by atoms with van der Waals surface area (Å²) in [6, 6.07) is 9.20. The third-order valence-corrected chi connectivity index (χ3v) is 3.89. The lowest BCUT2D eigenvalue weighted by Crippen LogP contribution is -2.44. The molecule has 6 nitrogen and oxygen atoms in total. The zero-order valence-corrected chi connectivity index (χ0v) is 12.9. The van der Waals surface area contributed by atoms with Crippen LogP contribution in [0, 0.1) is 0 Å². The zero-order valence-electron chi connectivity index (χ0n) is 12.9. The van der Waals surface area contributed by atoms with Crippen LogP contribution in [0.4, 0.5) is 0 Å². The number of carbonyl (C=O) groups is 3. The van der Waals surface area contributed by atoms with E-state index in [4.69, 9.17) is 0 Å². The topological polar surface area (TPSA) is 69.7 Å². The molecule has 22 heavy (non-hydrogen) atoms. The molecule has 1 N–H and O–H groups in total. The Balaban J connectivity index is 1.95. The Labute approximate surface area is 130 Å². The number of likely N-dealkylation sites (N-methyl/N-ethyl adjacent to an activating group) is 2. The van der Waals surface area contributed by atoms with Crippen molar-refractivity contribution < 1.29 is 14.4 Å². The van der Waals surface area contributed by atoms with Gasteiger partial charge in [0.15, 0.2) is 0 Å². The minimum absolute atomic E-state index is 0.104. The number of nitrogens with zero attached hydrogens (tertiary/aromatic N) is 2. The molecule has 1 aliphatic rings. The van der Waals surface area contributed by atoms with Crippen molar-refractivity contribution in [2.75, 3.05) is 27.2 Å². The minimum atomic E-state index is -0.541. The van der Waals surface area contributed by atoms with Crippen molar-refractivity contribution >= 4 is 17.7 Å². The first kappa shape index (κ1) is 16.2. The monoisotopic (exact) mass is 303 g/mol. The van der Waals surface area contributed by atoms with E-state index in [1.54, 1.807) is 19.0 Å². The maximum atomic E-state index is 12.4. The molecule has 6 heteroatoms. The van der Waals surface area contributed by atoms with Gasteiger partial charge in [0.05, 0.1) is 19.0 Å². The van der Waals surface area contributed by atoms with Gasteiger partial charge in [-0.1, -0.05) is 30.3 Å². The second kappa shape index (κ2) is 7.17. The van der Waals surface area contributed by atoms with E-state index in [1.165, 1.54) is 4.90 Å².